The van der Waals surface area contributed by atoms with Gasteiger partial charge >= 0.3 is 0 Å². The molecule has 186 valence electrons. The summed E-state index contributed by atoms with van der Waals surface area (Å²) in [6.45, 7) is 8.73. The zero-order valence-electron chi connectivity index (χ0n) is 21.6. The van der Waals surface area contributed by atoms with Gasteiger partial charge in [-0.05, 0) is 69.2 Å². The lowest BCUT2D eigenvalue weighted by Gasteiger charge is -2.32. The van der Waals surface area contributed by atoms with E-state index in [1.165, 1.54) is 0 Å². The number of nitrogens with zero attached hydrogens (tertiary/aromatic N) is 5. The Morgan fingerprint density at radius 2 is 1.83 bits per heavy atom. The van der Waals surface area contributed by atoms with Crippen molar-refractivity contribution in [1.82, 2.24) is 24.2 Å². The van der Waals surface area contributed by atoms with Gasteiger partial charge in [0.1, 0.15) is 17.3 Å². The van der Waals surface area contributed by atoms with Crippen molar-refractivity contribution in [3.05, 3.63) is 75.1 Å². The summed E-state index contributed by atoms with van der Waals surface area (Å²) < 4.78 is 9.05. The molecule has 1 unspecified atom stereocenters. The second kappa shape index (κ2) is 8.93. The van der Waals surface area contributed by atoms with Crippen molar-refractivity contribution in [1.29, 1.82) is 0 Å². The molecule has 0 fully saturated rings. The van der Waals surface area contributed by atoms with Gasteiger partial charge in [0, 0.05) is 54.6 Å². The van der Waals surface area contributed by atoms with E-state index in [2.05, 4.69) is 10.1 Å². The van der Waals surface area contributed by atoms with Crippen LogP contribution in [0.3, 0.4) is 0 Å². The van der Waals surface area contributed by atoms with E-state index >= 15 is 0 Å². The third-order valence-electron chi connectivity index (χ3n) is 7.16. The standard InChI is InChI=1S/C28H31N5O3/c1-16-7-8-22-21(9-10-25(36-6)26(22)29-16)23-14-20-15-32(12-11-24(20)31(5)28(23)35)27(34)19(4)33-18(3)13-17(2)30-33/h7-10,13-14,19H,11-12,15H2,1-6H3. The number of fused-ring (bicyclic) bond motifs is 2. The summed E-state index contributed by atoms with van der Waals surface area (Å²) in [4.78, 5) is 33.4. The molecule has 0 saturated heterocycles. The van der Waals surface area contributed by atoms with E-state index in [0.29, 0.717) is 30.8 Å². The molecule has 0 spiro atoms. The first kappa shape index (κ1) is 23.8. The van der Waals surface area contributed by atoms with E-state index in [-0.39, 0.29) is 11.5 Å². The van der Waals surface area contributed by atoms with Crippen molar-refractivity contribution in [2.45, 2.75) is 46.7 Å². The lowest BCUT2D eigenvalue weighted by atomic mass is 9.96. The van der Waals surface area contributed by atoms with Crippen molar-refractivity contribution in [2.75, 3.05) is 13.7 Å². The van der Waals surface area contributed by atoms with Crippen LogP contribution in [-0.2, 0) is 24.8 Å². The second-order valence-corrected chi connectivity index (χ2v) is 9.62. The molecule has 3 aromatic heterocycles. The molecule has 8 nitrogen and oxygen atoms in total. The number of amides is 1. The van der Waals surface area contributed by atoms with Crippen LogP contribution in [0.15, 0.2) is 41.2 Å². The Labute approximate surface area is 210 Å². The molecule has 1 aromatic carbocycles. The molecule has 5 rings (SSSR count). The molecule has 1 amide bonds. The van der Waals surface area contributed by atoms with Crippen molar-refractivity contribution in [2.24, 2.45) is 7.05 Å². The number of carbonyl (C=O) groups is 1. The molecule has 1 atom stereocenters. The van der Waals surface area contributed by atoms with Gasteiger partial charge in [-0.1, -0.05) is 6.07 Å². The fraction of sp³-hybridized carbons (Fsp3) is 0.357. The molecule has 4 heterocycles. The van der Waals surface area contributed by atoms with Crippen LogP contribution >= 0.6 is 0 Å². The number of ether oxygens (including phenoxy) is 1. The fourth-order valence-electron chi connectivity index (χ4n) is 5.31. The summed E-state index contributed by atoms with van der Waals surface area (Å²) in [6.07, 6.45) is 0.626. The maximum Gasteiger partial charge on any atom is 0.258 e. The maximum atomic E-state index is 13.5. The first-order chi connectivity index (χ1) is 17.2. The van der Waals surface area contributed by atoms with Crippen LogP contribution in [-0.4, -0.2) is 43.8 Å². The first-order valence-electron chi connectivity index (χ1n) is 12.2. The van der Waals surface area contributed by atoms with Crippen LogP contribution in [0.4, 0.5) is 0 Å². The Bertz CT molecular complexity index is 1570. The van der Waals surface area contributed by atoms with Crippen molar-refractivity contribution in [3.63, 3.8) is 0 Å². The highest BCUT2D eigenvalue weighted by molar-refractivity contribution is 5.98. The van der Waals surface area contributed by atoms with Gasteiger partial charge in [-0.25, -0.2) is 4.98 Å². The zero-order valence-corrected chi connectivity index (χ0v) is 21.6. The van der Waals surface area contributed by atoms with Crippen LogP contribution in [0, 0.1) is 20.8 Å². The molecule has 0 aliphatic carbocycles. The number of rotatable bonds is 4. The third kappa shape index (κ3) is 3.86. The van der Waals surface area contributed by atoms with Gasteiger partial charge in [0.2, 0.25) is 5.91 Å². The number of aromatic nitrogens is 4. The van der Waals surface area contributed by atoms with Gasteiger partial charge in [0.15, 0.2) is 0 Å². The van der Waals surface area contributed by atoms with Gasteiger partial charge in [-0.2, -0.15) is 5.10 Å². The van der Waals surface area contributed by atoms with Gasteiger partial charge in [0.25, 0.3) is 5.56 Å². The lowest BCUT2D eigenvalue weighted by Crippen LogP contribution is -2.42. The van der Waals surface area contributed by atoms with E-state index in [4.69, 9.17) is 4.74 Å². The summed E-state index contributed by atoms with van der Waals surface area (Å²) in [7, 11) is 3.43. The SMILES string of the molecule is COc1ccc(-c2cc3c(n(C)c2=O)CCN(C(=O)C(C)n2nc(C)cc2C)C3)c2ccc(C)nc12. The quantitative estimate of drug-likeness (QED) is 0.438. The van der Waals surface area contributed by atoms with E-state index in [9.17, 15) is 9.59 Å². The van der Waals surface area contributed by atoms with E-state index in [1.54, 1.807) is 16.4 Å². The first-order valence-corrected chi connectivity index (χ1v) is 12.2. The number of benzene rings is 1. The van der Waals surface area contributed by atoms with Gasteiger partial charge < -0.3 is 14.2 Å². The summed E-state index contributed by atoms with van der Waals surface area (Å²) in [5, 5.41) is 5.37. The maximum absolute atomic E-state index is 13.5. The summed E-state index contributed by atoms with van der Waals surface area (Å²) in [5.41, 5.74) is 6.76. The smallest absolute Gasteiger partial charge is 0.258 e. The molecule has 0 bridgehead atoms. The highest BCUT2D eigenvalue weighted by Gasteiger charge is 2.29. The van der Waals surface area contributed by atoms with Crippen LogP contribution in [0.2, 0.25) is 0 Å². The predicted molar refractivity (Wildman–Crippen MR) is 139 cm³/mol. The van der Waals surface area contributed by atoms with E-state index in [1.807, 2.05) is 76.0 Å². The normalized spacial score (nSPS) is 14.1. The van der Waals surface area contributed by atoms with Crippen molar-refractivity contribution >= 4 is 16.8 Å². The van der Waals surface area contributed by atoms with Crippen LogP contribution < -0.4 is 10.3 Å². The van der Waals surface area contributed by atoms with E-state index < -0.39 is 6.04 Å². The minimum absolute atomic E-state index is 0.0248. The minimum Gasteiger partial charge on any atom is -0.494 e. The molecule has 8 heteroatoms. The van der Waals surface area contributed by atoms with E-state index in [0.717, 1.165) is 44.8 Å². The largest absolute Gasteiger partial charge is 0.494 e. The summed E-state index contributed by atoms with van der Waals surface area (Å²) in [6, 6.07) is 11.2. The predicted octanol–water partition coefficient (Wildman–Crippen LogP) is 3.88. The second-order valence-electron chi connectivity index (χ2n) is 9.62. The Kier molecular flexibility index (Phi) is 5.90. The molecule has 0 saturated carbocycles. The molecule has 0 radical (unpaired) electrons. The number of pyridine rings is 2. The number of methoxy groups -OCH3 is 1. The topological polar surface area (TPSA) is 82.2 Å². The molecular formula is C28H31N5O3. The van der Waals surface area contributed by atoms with Gasteiger partial charge in [0.05, 0.1) is 12.8 Å². The van der Waals surface area contributed by atoms with Crippen LogP contribution in [0.25, 0.3) is 22.0 Å². The number of hydrogen-bond acceptors (Lipinski definition) is 5. The number of carbonyl (C=O) groups excluding carboxylic acids is 1. The molecule has 0 N–H and O–H groups in total. The summed E-state index contributed by atoms with van der Waals surface area (Å²) >= 11 is 0. The lowest BCUT2D eigenvalue weighted by molar-refractivity contribution is -0.135. The molecular weight excluding hydrogens is 454 g/mol. The highest BCUT2D eigenvalue weighted by Crippen LogP contribution is 2.34. The highest BCUT2D eigenvalue weighted by atomic mass is 16.5. The van der Waals surface area contributed by atoms with Crippen LogP contribution in [0.1, 0.15) is 41.3 Å². The Morgan fingerprint density at radius 1 is 1.06 bits per heavy atom. The third-order valence-corrected chi connectivity index (χ3v) is 7.16. The Morgan fingerprint density at radius 3 is 2.53 bits per heavy atom. The van der Waals surface area contributed by atoms with Crippen LogP contribution in [0.5, 0.6) is 5.75 Å². The monoisotopic (exact) mass is 485 g/mol. The van der Waals surface area contributed by atoms with Gasteiger partial charge in [-0.3, -0.25) is 14.3 Å². The van der Waals surface area contributed by atoms with Gasteiger partial charge in [-0.15, -0.1) is 0 Å². The molecule has 36 heavy (non-hydrogen) atoms. The fourth-order valence-corrected chi connectivity index (χ4v) is 5.31. The van der Waals surface area contributed by atoms with Crippen molar-refractivity contribution in [3.8, 4) is 16.9 Å². The molecule has 4 aromatic rings. The van der Waals surface area contributed by atoms with Crippen molar-refractivity contribution < 1.29 is 9.53 Å². The summed E-state index contributed by atoms with van der Waals surface area (Å²) in [5.74, 6) is 0.693. The minimum atomic E-state index is -0.396. The zero-order chi connectivity index (χ0) is 25.7. The number of hydrogen-bond donors (Lipinski definition) is 0. The number of aryl methyl sites for hydroxylation is 3. The average Bonchev–Trinajstić information content (AvgIpc) is 3.21. The molecule has 1 aliphatic rings. The Hall–Kier alpha value is -3.94. The average molecular weight is 486 g/mol. The Balaban J connectivity index is 1.56. The molecule has 1 aliphatic heterocycles.